The summed E-state index contributed by atoms with van der Waals surface area (Å²) in [4.78, 5) is 17.2. The van der Waals surface area contributed by atoms with Gasteiger partial charge in [-0.2, -0.15) is 0 Å². The summed E-state index contributed by atoms with van der Waals surface area (Å²) < 4.78 is 0. The van der Waals surface area contributed by atoms with Crippen molar-refractivity contribution in [3.63, 3.8) is 0 Å². The molecule has 0 fully saturated rings. The topological polar surface area (TPSA) is 85.2 Å². The van der Waals surface area contributed by atoms with Crippen molar-refractivity contribution in [2.45, 2.75) is 13.3 Å². The van der Waals surface area contributed by atoms with Crippen LogP contribution in [0.25, 0.3) is 0 Å². The van der Waals surface area contributed by atoms with Crippen molar-refractivity contribution in [2.24, 2.45) is 11.5 Å². The van der Waals surface area contributed by atoms with Crippen molar-refractivity contribution >= 4 is 11.7 Å². The molecular weight excluding hydrogens is 204 g/mol. The predicted molar refractivity (Wildman–Crippen MR) is 64.3 cm³/mol. The Morgan fingerprint density at radius 2 is 2.19 bits per heavy atom. The molecule has 4 N–H and O–H groups in total. The molecule has 0 aliphatic carbocycles. The number of hydrogen-bond acceptors (Lipinski definition) is 4. The summed E-state index contributed by atoms with van der Waals surface area (Å²) in [5.41, 5.74) is 11.1. The van der Waals surface area contributed by atoms with Gasteiger partial charge in [-0.3, -0.25) is 4.79 Å². The van der Waals surface area contributed by atoms with Crippen molar-refractivity contribution in [3.8, 4) is 0 Å². The number of hydrogen-bond donors (Lipinski definition) is 2. The zero-order valence-electron chi connectivity index (χ0n) is 9.52. The Bertz CT molecular complexity index is 330. The van der Waals surface area contributed by atoms with E-state index in [0.29, 0.717) is 12.1 Å². The lowest BCUT2D eigenvalue weighted by atomic mass is 10.2. The van der Waals surface area contributed by atoms with E-state index in [1.165, 1.54) is 6.20 Å². The number of pyridine rings is 1. The molecular formula is C11H18N4O. The second-order valence-electron chi connectivity index (χ2n) is 3.55. The molecule has 1 rings (SSSR count). The lowest BCUT2D eigenvalue weighted by Crippen LogP contribution is -2.30. The molecule has 0 radical (unpaired) electrons. The molecule has 0 saturated carbocycles. The first-order valence-corrected chi connectivity index (χ1v) is 5.40. The average Bonchev–Trinajstić information content (AvgIpc) is 2.29. The zero-order chi connectivity index (χ0) is 12.0. The minimum Gasteiger partial charge on any atom is -0.366 e. The third kappa shape index (κ3) is 3.20. The summed E-state index contributed by atoms with van der Waals surface area (Å²) in [6, 6.07) is 3.48. The Kier molecular flexibility index (Phi) is 4.72. The molecule has 0 saturated heterocycles. The molecule has 0 bridgehead atoms. The number of rotatable bonds is 6. The summed E-state index contributed by atoms with van der Waals surface area (Å²) in [5.74, 6) is 0.372. The van der Waals surface area contributed by atoms with Gasteiger partial charge >= 0.3 is 0 Å². The molecule has 1 amide bonds. The number of carbonyl (C=O) groups is 1. The van der Waals surface area contributed by atoms with Gasteiger partial charge in [0.1, 0.15) is 5.82 Å². The van der Waals surface area contributed by atoms with Crippen molar-refractivity contribution in [2.75, 3.05) is 24.5 Å². The largest absolute Gasteiger partial charge is 0.366 e. The molecule has 1 heterocycles. The van der Waals surface area contributed by atoms with E-state index in [2.05, 4.69) is 16.8 Å². The molecule has 0 aromatic carbocycles. The van der Waals surface area contributed by atoms with E-state index in [9.17, 15) is 4.79 Å². The van der Waals surface area contributed by atoms with Crippen LogP contribution < -0.4 is 16.4 Å². The SMILES string of the molecule is CCCN(CCN)c1ccc(C(N)=O)cn1. The van der Waals surface area contributed by atoms with Gasteiger partial charge < -0.3 is 16.4 Å². The number of carbonyl (C=O) groups excluding carboxylic acids is 1. The Hall–Kier alpha value is -1.62. The molecule has 1 aromatic rings. The third-order valence-electron chi connectivity index (χ3n) is 2.25. The molecule has 0 aliphatic heterocycles. The van der Waals surface area contributed by atoms with E-state index < -0.39 is 5.91 Å². The summed E-state index contributed by atoms with van der Waals surface area (Å²) in [6.07, 6.45) is 2.52. The van der Waals surface area contributed by atoms with Crippen molar-refractivity contribution in [1.82, 2.24) is 4.98 Å². The van der Waals surface area contributed by atoms with Crippen LogP contribution in [0.15, 0.2) is 18.3 Å². The van der Waals surface area contributed by atoms with Crippen molar-refractivity contribution in [3.05, 3.63) is 23.9 Å². The summed E-state index contributed by atoms with van der Waals surface area (Å²) in [6.45, 7) is 4.34. The van der Waals surface area contributed by atoms with E-state index in [0.717, 1.165) is 25.3 Å². The van der Waals surface area contributed by atoms with Gasteiger partial charge in [-0.15, -0.1) is 0 Å². The summed E-state index contributed by atoms with van der Waals surface area (Å²) in [5, 5.41) is 0. The molecule has 0 spiro atoms. The zero-order valence-corrected chi connectivity index (χ0v) is 9.52. The molecule has 1 aromatic heterocycles. The molecule has 16 heavy (non-hydrogen) atoms. The van der Waals surface area contributed by atoms with Crippen LogP contribution in [0.1, 0.15) is 23.7 Å². The third-order valence-corrected chi connectivity index (χ3v) is 2.25. The Balaban J connectivity index is 2.80. The van der Waals surface area contributed by atoms with Crippen LogP contribution in [0, 0.1) is 0 Å². The van der Waals surface area contributed by atoms with Crippen molar-refractivity contribution in [1.29, 1.82) is 0 Å². The van der Waals surface area contributed by atoms with Gasteiger partial charge in [0, 0.05) is 25.8 Å². The molecule has 5 nitrogen and oxygen atoms in total. The minimum absolute atomic E-state index is 0.424. The van der Waals surface area contributed by atoms with Crippen LogP contribution in [0.2, 0.25) is 0 Å². The highest BCUT2D eigenvalue weighted by Gasteiger charge is 2.07. The Morgan fingerprint density at radius 1 is 1.44 bits per heavy atom. The highest BCUT2D eigenvalue weighted by molar-refractivity contribution is 5.92. The number of aromatic nitrogens is 1. The lowest BCUT2D eigenvalue weighted by molar-refractivity contribution is 0.1000. The van der Waals surface area contributed by atoms with Crippen LogP contribution in [-0.4, -0.2) is 30.5 Å². The van der Waals surface area contributed by atoms with E-state index in [1.807, 2.05) is 0 Å². The van der Waals surface area contributed by atoms with Gasteiger partial charge in [0.05, 0.1) is 5.56 Å². The van der Waals surface area contributed by atoms with Gasteiger partial charge in [-0.1, -0.05) is 6.92 Å². The second kappa shape index (κ2) is 6.07. The van der Waals surface area contributed by atoms with Crippen LogP contribution in [0.4, 0.5) is 5.82 Å². The summed E-state index contributed by atoms with van der Waals surface area (Å²) in [7, 11) is 0. The molecule has 0 atom stereocenters. The average molecular weight is 222 g/mol. The highest BCUT2D eigenvalue weighted by atomic mass is 16.1. The quantitative estimate of drug-likeness (QED) is 0.727. The first-order valence-electron chi connectivity index (χ1n) is 5.40. The van der Waals surface area contributed by atoms with Gasteiger partial charge in [-0.05, 0) is 18.6 Å². The van der Waals surface area contributed by atoms with E-state index in [1.54, 1.807) is 12.1 Å². The predicted octanol–water partition coefficient (Wildman–Crippen LogP) is 0.356. The Labute approximate surface area is 95.4 Å². The number of anilines is 1. The van der Waals surface area contributed by atoms with Gasteiger partial charge in [0.15, 0.2) is 0 Å². The van der Waals surface area contributed by atoms with Crippen LogP contribution >= 0.6 is 0 Å². The maximum Gasteiger partial charge on any atom is 0.250 e. The fourth-order valence-corrected chi connectivity index (χ4v) is 1.49. The Morgan fingerprint density at radius 3 is 2.62 bits per heavy atom. The van der Waals surface area contributed by atoms with Crippen LogP contribution in [0.5, 0.6) is 0 Å². The number of nitrogens with zero attached hydrogens (tertiary/aromatic N) is 2. The molecule has 88 valence electrons. The fraction of sp³-hybridized carbons (Fsp3) is 0.455. The monoisotopic (exact) mass is 222 g/mol. The smallest absolute Gasteiger partial charge is 0.250 e. The molecule has 0 unspecified atom stereocenters. The second-order valence-corrected chi connectivity index (χ2v) is 3.55. The van der Waals surface area contributed by atoms with Gasteiger partial charge in [-0.25, -0.2) is 4.98 Å². The first kappa shape index (κ1) is 12.4. The number of primary amides is 1. The van der Waals surface area contributed by atoms with Gasteiger partial charge in [0.25, 0.3) is 0 Å². The van der Waals surface area contributed by atoms with Crippen LogP contribution in [-0.2, 0) is 0 Å². The summed E-state index contributed by atoms with van der Waals surface area (Å²) >= 11 is 0. The standard InChI is InChI=1S/C11H18N4O/c1-2-6-15(7-5-12)10-4-3-9(8-14-10)11(13)16/h3-4,8H,2,5-7,12H2,1H3,(H2,13,16). The minimum atomic E-state index is -0.458. The van der Waals surface area contributed by atoms with E-state index in [-0.39, 0.29) is 0 Å². The number of nitrogens with two attached hydrogens (primary N) is 2. The number of amides is 1. The maximum atomic E-state index is 10.9. The first-order chi connectivity index (χ1) is 7.69. The van der Waals surface area contributed by atoms with E-state index in [4.69, 9.17) is 11.5 Å². The molecule has 0 aliphatic rings. The van der Waals surface area contributed by atoms with E-state index >= 15 is 0 Å². The lowest BCUT2D eigenvalue weighted by Gasteiger charge is -2.22. The fourth-order valence-electron chi connectivity index (χ4n) is 1.49. The molecule has 5 heteroatoms. The van der Waals surface area contributed by atoms with Crippen LogP contribution in [0.3, 0.4) is 0 Å². The maximum absolute atomic E-state index is 10.9. The highest BCUT2D eigenvalue weighted by Crippen LogP contribution is 2.11. The van der Waals surface area contributed by atoms with Gasteiger partial charge in [0.2, 0.25) is 5.91 Å². The normalized spacial score (nSPS) is 10.1. The van der Waals surface area contributed by atoms with Crippen molar-refractivity contribution < 1.29 is 4.79 Å².